The van der Waals surface area contributed by atoms with Gasteiger partial charge in [0.25, 0.3) is 5.91 Å². The summed E-state index contributed by atoms with van der Waals surface area (Å²) in [6.45, 7) is 4.60. The first-order chi connectivity index (χ1) is 16.0. The van der Waals surface area contributed by atoms with E-state index in [0.717, 1.165) is 28.3 Å². The van der Waals surface area contributed by atoms with E-state index in [4.69, 9.17) is 13.9 Å². The molecule has 0 unspecified atom stereocenters. The monoisotopic (exact) mass is 442 g/mol. The Morgan fingerprint density at radius 3 is 2.42 bits per heavy atom. The molecule has 0 bridgehead atoms. The topological polar surface area (TPSA) is 73.6 Å². The first-order valence-corrected chi connectivity index (χ1v) is 10.7. The molecule has 6 nitrogen and oxygen atoms in total. The normalized spacial score (nSPS) is 10.6. The van der Waals surface area contributed by atoms with Crippen LogP contribution < -0.4 is 14.8 Å². The lowest BCUT2D eigenvalue weighted by Crippen LogP contribution is -2.22. The molecule has 0 aliphatic rings. The Labute approximate surface area is 193 Å². The molecule has 1 N–H and O–H groups in total. The van der Waals surface area contributed by atoms with Crippen LogP contribution in [0.25, 0.3) is 11.5 Å². The van der Waals surface area contributed by atoms with E-state index in [1.807, 2.05) is 74.5 Å². The van der Waals surface area contributed by atoms with Crippen molar-refractivity contribution in [3.8, 4) is 23.0 Å². The number of para-hydroxylation sites is 1. The van der Waals surface area contributed by atoms with Gasteiger partial charge in [0.2, 0.25) is 5.89 Å². The summed E-state index contributed by atoms with van der Waals surface area (Å²) in [5.74, 6) is 2.57. The number of hydrogen-bond donors (Lipinski definition) is 1. The molecule has 0 fully saturated rings. The maximum absolute atomic E-state index is 12.6. The molecule has 0 atom stereocenters. The average Bonchev–Trinajstić information content (AvgIpc) is 3.22. The first kappa shape index (κ1) is 22.1. The molecule has 1 heterocycles. The van der Waals surface area contributed by atoms with Crippen molar-refractivity contribution in [3.05, 3.63) is 101 Å². The lowest BCUT2D eigenvalue weighted by Gasteiger charge is -2.09. The molecule has 4 aromatic rings. The van der Waals surface area contributed by atoms with Gasteiger partial charge in [-0.15, -0.1) is 0 Å². The van der Waals surface area contributed by atoms with Crippen molar-refractivity contribution in [1.82, 2.24) is 10.3 Å². The van der Waals surface area contributed by atoms with Crippen LogP contribution in [-0.2, 0) is 13.2 Å². The number of rotatable bonds is 8. The van der Waals surface area contributed by atoms with Crippen LogP contribution in [0.5, 0.6) is 11.5 Å². The smallest absolute Gasteiger partial charge is 0.251 e. The third kappa shape index (κ3) is 5.41. The fraction of sp³-hybridized carbons (Fsp3) is 0.185. The summed E-state index contributed by atoms with van der Waals surface area (Å²) in [5, 5.41) is 2.92. The lowest BCUT2D eigenvalue weighted by atomic mass is 10.1. The highest BCUT2D eigenvalue weighted by Crippen LogP contribution is 2.24. The zero-order valence-electron chi connectivity index (χ0n) is 18.9. The van der Waals surface area contributed by atoms with Crippen molar-refractivity contribution in [2.24, 2.45) is 0 Å². The summed E-state index contributed by atoms with van der Waals surface area (Å²) in [5.41, 5.74) is 4.19. The summed E-state index contributed by atoms with van der Waals surface area (Å²) in [7, 11) is 1.61. The van der Waals surface area contributed by atoms with E-state index in [9.17, 15) is 4.79 Å². The van der Waals surface area contributed by atoms with Crippen molar-refractivity contribution in [2.75, 3.05) is 7.11 Å². The number of hydrogen-bond acceptors (Lipinski definition) is 5. The number of amides is 1. The summed E-state index contributed by atoms with van der Waals surface area (Å²) in [4.78, 5) is 17.1. The average molecular weight is 443 g/mol. The Balaban J connectivity index is 1.39. The molecule has 0 radical (unpaired) electrons. The third-order valence-corrected chi connectivity index (χ3v) is 5.32. The molecule has 1 amide bonds. The summed E-state index contributed by atoms with van der Waals surface area (Å²) >= 11 is 0. The van der Waals surface area contributed by atoms with E-state index in [-0.39, 0.29) is 5.91 Å². The zero-order chi connectivity index (χ0) is 23.2. The molecule has 0 aliphatic carbocycles. The standard InChI is InChI=1S/C27H26N2O4/c1-18-8-14-23(15-9-18)32-17-24-19(2)33-27(29-24)21-12-10-20(11-13-21)26(30)28-16-22-6-4-5-7-25(22)31-3/h4-15H,16-17H2,1-3H3,(H,28,30). The van der Waals surface area contributed by atoms with Crippen molar-refractivity contribution >= 4 is 5.91 Å². The number of ether oxygens (including phenoxy) is 2. The fourth-order valence-electron chi connectivity index (χ4n) is 3.36. The number of nitrogens with one attached hydrogen (secondary N) is 1. The van der Waals surface area contributed by atoms with E-state index in [2.05, 4.69) is 10.3 Å². The molecule has 3 aromatic carbocycles. The van der Waals surface area contributed by atoms with E-state index in [1.165, 1.54) is 5.56 Å². The summed E-state index contributed by atoms with van der Waals surface area (Å²) < 4.78 is 17.0. The molecule has 168 valence electrons. The van der Waals surface area contributed by atoms with Crippen molar-refractivity contribution < 1.29 is 18.7 Å². The Bertz CT molecular complexity index is 1230. The lowest BCUT2D eigenvalue weighted by molar-refractivity contribution is 0.0950. The number of benzene rings is 3. The molecule has 33 heavy (non-hydrogen) atoms. The van der Waals surface area contributed by atoms with Gasteiger partial charge < -0.3 is 19.2 Å². The molecule has 0 spiro atoms. The quantitative estimate of drug-likeness (QED) is 0.391. The molecule has 4 rings (SSSR count). The number of nitrogens with zero attached hydrogens (tertiary/aromatic N) is 1. The van der Waals surface area contributed by atoms with Gasteiger partial charge in [-0.05, 0) is 56.3 Å². The van der Waals surface area contributed by atoms with Crippen LogP contribution in [0.1, 0.15) is 32.9 Å². The van der Waals surface area contributed by atoms with Crippen LogP contribution in [0.15, 0.2) is 77.2 Å². The largest absolute Gasteiger partial charge is 0.496 e. The van der Waals surface area contributed by atoms with Gasteiger partial charge in [0, 0.05) is 23.2 Å². The van der Waals surface area contributed by atoms with Gasteiger partial charge in [-0.3, -0.25) is 4.79 Å². The minimum Gasteiger partial charge on any atom is -0.496 e. The zero-order valence-corrected chi connectivity index (χ0v) is 18.9. The number of aryl methyl sites for hydroxylation is 2. The molecular formula is C27H26N2O4. The van der Waals surface area contributed by atoms with Crippen LogP contribution in [-0.4, -0.2) is 18.0 Å². The number of carbonyl (C=O) groups excluding carboxylic acids is 1. The van der Waals surface area contributed by atoms with Gasteiger partial charge in [0.15, 0.2) is 0 Å². The van der Waals surface area contributed by atoms with Crippen molar-refractivity contribution in [1.29, 1.82) is 0 Å². The number of aromatic nitrogens is 1. The van der Waals surface area contributed by atoms with Gasteiger partial charge in [-0.2, -0.15) is 0 Å². The molecule has 1 aromatic heterocycles. The van der Waals surface area contributed by atoms with E-state index >= 15 is 0 Å². The van der Waals surface area contributed by atoms with Gasteiger partial charge in [-0.1, -0.05) is 35.9 Å². The summed E-state index contributed by atoms with van der Waals surface area (Å²) in [6, 6.07) is 22.7. The minimum atomic E-state index is -0.164. The molecular weight excluding hydrogens is 416 g/mol. The Kier molecular flexibility index (Phi) is 6.74. The number of carbonyl (C=O) groups is 1. The number of methoxy groups -OCH3 is 1. The Morgan fingerprint density at radius 2 is 1.70 bits per heavy atom. The summed E-state index contributed by atoms with van der Waals surface area (Å²) in [6.07, 6.45) is 0. The Morgan fingerprint density at radius 1 is 0.970 bits per heavy atom. The highest BCUT2D eigenvalue weighted by atomic mass is 16.5. The van der Waals surface area contributed by atoms with Crippen LogP contribution in [0.4, 0.5) is 0 Å². The second kappa shape index (κ2) is 10.0. The van der Waals surface area contributed by atoms with Gasteiger partial charge >= 0.3 is 0 Å². The van der Waals surface area contributed by atoms with Gasteiger partial charge in [-0.25, -0.2) is 4.98 Å². The van der Waals surface area contributed by atoms with E-state index < -0.39 is 0 Å². The predicted octanol–water partition coefficient (Wildman–Crippen LogP) is 5.48. The molecule has 0 aliphatic heterocycles. The van der Waals surface area contributed by atoms with E-state index in [0.29, 0.717) is 30.4 Å². The fourth-order valence-corrected chi connectivity index (χ4v) is 3.36. The van der Waals surface area contributed by atoms with Crippen LogP contribution in [0, 0.1) is 13.8 Å². The van der Waals surface area contributed by atoms with E-state index in [1.54, 1.807) is 19.2 Å². The van der Waals surface area contributed by atoms with Crippen molar-refractivity contribution in [2.45, 2.75) is 27.0 Å². The molecule has 0 saturated heterocycles. The first-order valence-electron chi connectivity index (χ1n) is 10.7. The SMILES string of the molecule is COc1ccccc1CNC(=O)c1ccc(-c2nc(COc3ccc(C)cc3)c(C)o2)cc1. The highest BCUT2D eigenvalue weighted by molar-refractivity contribution is 5.94. The maximum Gasteiger partial charge on any atom is 0.251 e. The van der Waals surface area contributed by atoms with Crippen LogP contribution in [0.2, 0.25) is 0 Å². The predicted molar refractivity (Wildman–Crippen MR) is 126 cm³/mol. The van der Waals surface area contributed by atoms with Crippen LogP contribution in [0.3, 0.4) is 0 Å². The van der Waals surface area contributed by atoms with Crippen molar-refractivity contribution in [3.63, 3.8) is 0 Å². The third-order valence-electron chi connectivity index (χ3n) is 5.32. The van der Waals surface area contributed by atoms with Crippen LogP contribution >= 0.6 is 0 Å². The second-order valence-corrected chi connectivity index (χ2v) is 7.70. The molecule has 6 heteroatoms. The highest BCUT2D eigenvalue weighted by Gasteiger charge is 2.14. The maximum atomic E-state index is 12.6. The number of oxazole rings is 1. The second-order valence-electron chi connectivity index (χ2n) is 7.70. The molecule has 0 saturated carbocycles. The van der Waals surface area contributed by atoms with Gasteiger partial charge in [0.1, 0.15) is 29.6 Å². The Hall–Kier alpha value is -4.06. The van der Waals surface area contributed by atoms with Gasteiger partial charge in [0.05, 0.1) is 7.11 Å². The minimum absolute atomic E-state index is 0.164.